The number of hydrogen-bond acceptors (Lipinski definition) is 10. The lowest BCUT2D eigenvalue weighted by molar-refractivity contribution is -0.232. The Kier molecular flexibility index (Phi) is 5.33. The highest BCUT2D eigenvalue weighted by molar-refractivity contribution is 5.88. The van der Waals surface area contributed by atoms with Crippen LogP contribution in [0.5, 0.6) is 17.2 Å². The number of aliphatic hydroxyl groups excluding tert-OH is 4. The van der Waals surface area contributed by atoms with Gasteiger partial charge in [-0.15, -0.1) is 0 Å². The monoisotopic (exact) mass is 432 g/mol. The molecular formula is C21H20O10. The van der Waals surface area contributed by atoms with E-state index in [1.807, 2.05) is 0 Å². The summed E-state index contributed by atoms with van der Waals surface area (Å²) in [5.74, 6) is -1.19. The van der Waals surface area contributed by atoms with Crippen molar-refractivity contribution in [2.75, 3.05) is 6.61 Å². The SMILES string of the molecule is O=c1cc(-c2ccc(O)cc2)oc2cc(O)c([C@H]3O[C@H](CO)[C@@H](O)[C@H](O)[C@@H]3O)c(O)c12. The molecule has 0 unspecified atom stereocenters. The first-order valence-electron chi connectivity index (χ1n) is 9.35. The molecule has 164 valence electrons. The molecule has 2 aromatic carbocycles. The summed E-state index contributed by atoms with van der Waals surface area (Å²) in [6, 6.07) is 8.00. The Morgan fingerprint density at radius 2 is 1.58 bits per heavy atom. The van der Waals surface area contributed by atoms with E-state index >= 15 is 0 Å². The minimum atomic E-state index is -1.77. The molecule has 0 spiro atoms. The molecule has 0 saturated carbocycles. The zero-order valence-corrected chi connectivity index (χ0v) is 15.9. The summed E-state index contributed by atoms with van der Waals surface area (Å²) < 4.78 is 11.0. The van der Waals surface area contributed by atoms with Crippen LogP contribution in [0.3, 0.4) is 0 Å². The van der Waals surface area contributed by atoms with Crippen molar-refractivity contribution in [3.05, 3.63) is 52.2 Å². The van der Waals surface area contributed by atoms with Gasteiger partial charge in [0, 0.05) is 17.7 Å². The first kappa shape index (κ1) is 21.1. The van der Waals surface area contributed by atoms with Crippen molar-refractivity contribution in [2.45, 2.75) is 30.5 Å². The summed E-state index contributed by atoms with van der Waals surface area (Å²) in [7, 11) is 0. The summed E-state index contributed by atoms with van der Waals surface area (Å²) in [5, 5.41) is 70.0. The fourth-order valence-electron chi connectivity index (χ4n) is 3.69. The Hall–Kier alpha value is -3.15. The molecule has 2 heterocycles. The van der Waals surface area contributed by atoms with Crippen LogP contribution in [-0.2, 0) is 4.74 Å². The third-order valence-electron chi connectivity index (χ3n) is 5.34. The highest BCUT2D eigenvalue weighted by atomic mass is 16.5. The first-order chi connectivity index (χ1) is 14.7. The normalized spacial score (nSPS) is 26.3. The minimum absolute atomic E-state index is 0.0198. The largest absolute Gasteiger partial charge is 0.508 e. The van der Waals surface area contributed by atoms with Gasteiger partial charge in [0.15, 0.2) is 5.43 Å². The van der Waals surface area contributed by atoms with E-state index in [0.717, 1.165) is 12.1 Å². The Balaban J connectivity index is 1.85. The Morgan fingerprint density at radius 3 is 2.23 bits per heavy atom. The van der Waals surface area contributed by atoms with Gasteiger partial charge in [0.05, 0.1) is 12.2 Å². The maximum atomic E-state index is 12.7. The fraction of sp³-hybridized carbons (Fsp3) is 0.286. The topological polar surface area (TPSA) is 181 Å². The highest BCUT2D eigenvalue weighted by Crippen LogP contribution is 2.44. The number of hydrogen-bond donors (Lipinski definition) is 7. The summed E-state index contributed by atoms with van der Waals surface area (Å²) in [6.07, 6.45) is -7.95. The molecule has 0 radical (unpaired) electrons. The average Bonchev–Trinajstić information content (AvgIpc) is 2.73. The second kappa shape index (κ2) is 7.84. The van der Waals surface area contributed by atoms with Gasteiger partial charge in [-0.1, -0.05) is 0 Å². The highest BCUT2D eigenvalue weighted by Gasteiger charge is 2.46. The maximum Gasteiger partial charge on any atom is 0.197 e. The average molecular weight is 432 g/mol. The minimum Gasteiger partial charge on any atom is -0.508 e. The maximum absolute atomic E-state index is 12.7. The zero-order valence-electron chi connectivity index (χ0n) is 15.9. The lowest BCUT2D eigenvalue weighted by Gasteiger charge is -2.40. The van der Waals surface area contributed by atoms with Crippen LogP contribution >= 0.6 is 0 Å². The molecule has 7 N–H and O–H groups in total. The molecule has 1 saturated heterocycles. The predicted molar refractivity (Wildman–Crippen MR) is 106 cm³/mol. The molecule has 4 rings (SSSR count). The quantitative estimate of drug-likeness (QED) is 0.300. The van der Waals surface area contributed by atoms with Gasteiger partial charge >= 0.3 is 0 Å². The fourth-order valence-corrected chi connectivity index (χ4v) is 3.69. The van der Waals surface area contributed by atoms with Gasteiger partial charge in [-0.2, -0.15) is 0 Å². The smallest absolute Gasteiger partial charge is 0.197 e. The predicted octanol–water partition coefficient (Wildman–Crippen LogP) is 0.0917. The summed E-state index contributed by atoms with van der Waals surface area (Å²) >= 11 is 0. The van der Waals surface area contributed by atoms with Crippen molar-refractivity contribution in [3.63, 3.8) is 0 Å². The van der Waals surface area contributed by atoms with E-state index in [4.69, 9.17) is 9.15 Å². The molecule has 10 heteroatoms. The summed E-state index contributed by atoms with van der Waals surface area (Å²) in [5.41, 5.74) is -0.741. The van der Waals surface area contributed by atoms with E-state index in [9.17, 15) is 40.5 Å². The molecule has 1 aliphatic rings. The van der Waals surface area contributed by atoms with Crippen molar-refractivity contribution < 1.29 is 44.9 Å². The molecule has 31 heavy (non-hydrogen) atoms. The zero-order chi connectivity index (χ0) is 22.4. The van der Waals surface area contributed by atoms with Crippen LogP contribution in [0.1, 0.15) is 11.7 Å². The van der Waals surface area contributed by atoms with E-state index in [2.05, 4.69) is 0 Å². The number of phenolic OH excluding ortho intramolecular Hbond substituents is 3. The van der Waals surface area contributed by atoms with Crippen LogP contribution in [0.15, 0.2) is 45.6 Å². The van der Waals surface area contributed by atoms with Gasteiger partial charge in [-0.3, -0.25) is 4.79 Å². The first-order valence-corrected chi connectivity index (χ1v) is 9.35. The Bertz CT molecular complexity index is 1170. The number of fused-ring (bicyclic) bond motifs is 1. The van der Waals surface area contributed by atoms with Gasteiger partial charge in [0.2, 0.25) is 0 Å². The molecule has 1 aliphatic heterocycles. The van der Waals surface area contributed by atoms with E-state index in [1.54, 1.807) is 0 Å². The lowest BCUT2D eigenvalue weighted by atomic mass is 9.89. The van der Waals surface area contributed by atoms with Crippen molar-refractivity contribution in [2.24, 2.45) is 0 Å². The molecule has 1 fully saturated rings. The van der Waals surface area contributed by atoms with Crippen molar-refractivity contribution >= 4 is 11.0 Å². The van der Waals surface area contributed by atoms with E-state index < -0.39 is 59.6 Å². The van der Waals surface area contributed by atoms with Crippen LogP contribution in [0.25, 0.3) is 22.3 Å². The molecule has 0 bridgehead atoms. The number of aliphatic hydroxyl groups is 4. The molecule has 3 aromatic rings. The van der Waals surface area contributed by atoms with Gasteiger partial charge in [-0.05, 0) is 24.3 Å². The van der Waals surface area contributed by atoms with Crippen molar-refractivity contribution in [1.29, 1.82) is 0 Å². The molecular weight excluding hydrogens is 412 g/mol. The standard InChI is InChI=1S/C21H20O10/c22-7-14-17(26)19(28)20(29)21(31-14)16-11(25)6-13-15(18(16)27)10(24)5-12(30-13)8-1-3-9(23)4-2-8/h1-6,14,17,19-23,25-29H,7H2/t14-,17-,19+,20+,21-/m1/s1. The van der Waals surface area contributed by atoms with Crippen molar-refractivity contribution in [1.82, 2.24) is 0 Å². The van der Waals surface area contributed by atoms with Gasteiger partial charge in [0.25, 0.3) is 0 Å². The summed E-state index contributed by atoms with van der Waals surface area (Å²) in [4.78, 5) is 12.7. The van der Waals surface area contributed by atoms with E-state index in [0.29, 0.717) is 5.56 Å². The van der Waals surface area contributed by atoms with Crippen LogP contribution in [-0.4, -0.2) is 66.8 Å². The lowest BCUT2D eigenvalue weighted by Crippen LogP contribution is -2.55. The second-order valence-electron chi connectivity index (χ2n) is 7.30. The van der Waals surface area contributed by atoms with Crippen molar-refractivity contribution in [3.8, 4) is 28.6 Å². The number of ether oxygens (including phenoxy) is 1. The van der Waals surface area contributed by atoms with Crippen LogP contribution in [0, 0.1) is 0 Å². The molecule has 10 nitrogen and oxygen atoms in total. The van der Waals surface area contributed by atoms with E-state index in [-0.39, 0.29) is 22.5 Å². The van der Waals surface area contributed by atoms with Gasteiger partial charge in [-0.25, -0.2) is 0 Å². The molecule has 0 amide bonds. The molecule has 0 aliphatic carbocycles. The van der Waals surface area contributed by atoms with Gasteiger partial charge < -0.3 is 44.9 Å². The Labute approximate surface area is 174 Å². The van der Waals surface area contributed by atoms with Crippen LogP contribution < -0.4 is 5.43 Å². The van der Waals surface area contributed by atoms with Crippen LogP contribution in [0.2, 0.25) is 0 Å². The third-order valence-corrected chi connectivity index (χ3v) is 5.34. The molecule has 5 atom stereocenters. The number of aromatic hydroxyl groups is 3. The number of rotatable bonds is 3. The number of benzene rings is 2. The Morgan fingerprint density at radius 1 is 0.903 bits per heavy atom. The number of phenols is 3. The second-order valence-corrected chi connectivity index (χ2v) is 7.30. The van der Waals surface area contributed by atoms with Gasteiger partial charge in [0.1, 0.15) is 64.5 Å². The third kappa shape index (κ3) is 3.50. The van der Waals surface area contributed by atoms with E-state index in [1.165, 1.54) is 24.3 Å². The molecule has 1 aromatic heterocycles. The van der Waals surface area contributed by atoms with Crippen LogP contribution in [0.4, 0.5) is 0 Å². The summed E-state index contributed by atoms with van der Waals surface area (Å²) in [6.45, 7) is -0.700.